The number of anilines is 2. The van der Waals surface area contributed by atoms with E-state index in [0.717, 1.165) is 6.26 Å². The van der Waals surface area contributed by atoms with Crippen LogP contribution in [0.15, 0.2) is 42.5 Å². The summed E-state index contributed by atoms with van der Waals surface area (Å²) < 4.78 is 24.6. The van der Waals surface area contributed by atoms with E-state index in [1.165, 1.54) is 30.3 Å². The van der Waals surface area contributed by atoms with E-state index in [1.54, 1.807) is 12.1 Å². The number of para-hydroxylation sites is 1. The fraction of sp³-hybridized carbons (Fsp3) is 0.0667. The van der Waals surface area contributed by atoms with Gasteiger partial charge in [-0.15, -0.1) is 0 Å². The minimum atomic E-state index is -3.45. The summed E-state index contributed by atoms with van der Waals surface area (Å²) in [5.74, 6) is -1.23. The fourth-order valence-corrected chi connectivity index (χ4v) is 2.79. The number of rotatable bonds is 5. The number of sulfonamides is 1. The number of nitrogens with one attached hydrogen (secondary N) is 2. The predicted octanol–water partition coefficient (Wildman–Crippen LogP) is 2.06. The van der Waals surface area contributed by atoms with Crippen molar-refractivity contribution in [2.24, 2.45) is 5.73 Å². The molecule has 0 aliphatic carbocycles. The first kappa shape index (κ1) is 17.8. The molecule has 7 nitrogen and oxygen atoms in total. The molecule has 0 heterocycles. The van der Waals surface area contributed by atoms with Crippen molar-refractivity contribution in [1.82, 2.24) is 0 Å². The van der Waals surface area contributed by atoms with E-state index in [9.17, 15) is 18.0 Å². The van der Waals surface area contributed by atoms with Crippen LogP contribution in [0.3, 0.4) is 0 Å². The number of hydrogen-bond donors (Lipinski definition) is 3. The summed E-state index contributed by atoms with van der Waals surface area (Å²) in [6.07, 6.45) is 1.00. The van der Waals surface area contributed by atoms with Crippen molar-refractivity contribution in [3.8, 4) is 0 Å². The molecule has 0 aromatic heterocycles. The van der Waals surface area contributed by atoms with Crippen molar-refractivity contribution in [3.05, 3.63) is 58.6 Å². The highest BCUT2D eigenvalue weighted by Crippen LogP contribution is 2.23. The van der Waals surface area contributed by atoms with Gasteiger partial charge in [-0.25, -0.2) is 8.42 Å². The number of nitrogens with two attached hydrogens (primary N) is 1. The van der Waals surface area contributed by atoms with Gasteiger partial charge >= 0.3 is 0 Å². The molecule has 0 aliphatic rings. The summed E-state index contributed by atoms with van der Waals surface area (Å²) in [5, 5.41) is 2.61. The smallest absolute Gasteiger partial charge is 0.257 e. The van der Waals surface area contributed by atoms with Crippen LogP contribution in [0.5, 0.6) is 0 Å². The van der Waals surface area contributed by atoms with E-state index in [4.69, 9.17) is 17.3 Å². The van der Waals surface area contributed by atoms with Crippen molar-refractivity contribution in [2.45, 2.75) is 0 Å². The molecule has 0 aliphatic heterocycles. The molecule has 2 amide bonds. The zero-order valence-corrected chi connectivity index (χ0v) is 14.1. The van der Waals surface area contributed by atoms with Crippen LogP contribution >= 0.6 is 11.6 Å². The predicted molar refractivity (Wildman–Crippen MR) is 92.8 cm³/mol. The Kier molecular flexibility index (Phi) is 5.10. The third kappa shape index (κ3) is 4.46. The zero-order valence-electron chi connectivity index (χ0n) is 12.5. The summed E-state index contributed by atoms with van der Waals surface area (Å²) in [6, 6.07) is 10.4. The summed E-state index contributed by atoms with van der Waals surface area (Å²) in [5.41, 5.74) is 6.03. The third-order valence-corrected chi connectivity index (χ3v) is 3.88. The molecule has 0 atom stereocenters. The Morgan fingerprint density at radius 1 is 1.08 bits per heavy atom. The van der Waals surface area contributed by atoms with Crippen LogP contribution in [-0.4, -0.2) is 26.5 Å². The minimum Gasteiger partial charge on any atom is -0.366 e. The molecule has 0 radical (unpaired) electrons. The molecule has 2 aromatic carbocycles. The molecule has 0 saturated heterocycles. The highest BCUT2D eigenvalue weighted by atomic mass is 35.5. The number of hydrogen-bond acceptors (Lipinski definition) is 4. The Morgan fingerprint density at radius 2 is 1.75 bits per heavy atom. The molecular weight excluding hydrogens is 354 g/mol. The van der Waals surface area contributed by atoms with Crippen molar-refractivity contribution in [1.29, 1.82) is 0 Å². The SMILES string of the molecule is CS(=O)(=O)Nc1ccc(C(=O)Nc2ccccc2C(N)=O)c(Cl)c1. The van der Waals surface area contributed by atoms with Gasteiger partial charge in [0.25, 0.3) is 11.8 Å². The number of benzene rings is 2. The second kappa shape index (κ2) is 6.90. The van der Waals surface area contributed by atoms with Crippen molar-refractivity contribution in [3.63, 3.8) is 0 Å². The van der Waals surface area contributed by atoms with Crippen LogP contribution < -0.4 is 15.8 Å². The molecule has 0 spiro atoms. The van der Waals surface area contributed by atoms with Gasteiger partial charge in [-0.1, -0.05) is 23.7 Å². The van der Waals surface area contributed by atoms with Crippen molar-refractivity contribution < 1.29 is 18.0 Å². The molecule has 0 fully saturated rings. The molecule has 9 heteroatoms. The molecule has 0 bridgehead atoms. The van der Waals surface area contributed by atoms with Gasteiger partial charge in [0.2, 0.25) is 10.0 Å². The van der Waals surface area contributed by atoms with E-state index in [0.29, 0.717) is 0 Å². The quantitative estimate of drug-likeness (QED) is 0.749. The molecule has 2 aromatic rings. The van der Waals surface area contributed by atoms with Gasteiger partial charge in [0.05, 0.1) is 28.1 Å². The van der Waals surface area contributed by atoms with Gasteiger partial charge < -0.3 is 11.1 Å². The summed E-state index contributed by atoms with van der Waals surface area (Å²) >= 11 is 6.03. The van der Waals surface area contributed by atoms with E-state index in [1.807, 2.05) is 0 Å². The molecule has 126 valence electrons. The Bertz CT molecular complexity index is 913. The van der Waals surface area contributed by atoms with E-state index in [2.05, 4.69) is 10.0 Å². The van der Waals surface area contributed by atoms with Crippen LogP contribution in [0.25, 0.3) is 0 Å². The number of halogens is 1. The minimum absolute atomic E-state index is 0.0534. The van der Waals surface area contributed by atoms with Crippen LogP contribution in [0, 0.1) is 0 Å². The Balaban J connectivity index is 2.27. The highest BCUT2D eigenvalue weighted by Gasteiger charge is 2.15. The van der Waals surface area contributed by atoms with Crippen LogP contribution in [0.1, 0.15) is 20.7 Å². The number of carbonyl (C=O) groups excluding carboxylic acids is 2. The maximum atomic E-state index is 12.3. The van der Waals surface area contributed by atoms with Gasteiger partial charge in [0.15, 0.2) is 0 Å². The first-order valence-electron chi connectivity index (χ1n) is 6.65. The van der Waals surface area contributed by atoms with Crippen molar-refractivity contribution in [2.75, 3.05) is 16.3 Å². The van der Waals surface area contributed by atoms with Gasteiger partial charge in [-0.3, -0.25) is 14.3 Å². The Labute approximate surface area is 143 Å². The standard InChI is InChI=1S/C15H14ClN3O4S/c1-24(22,23)19-9-6-7-10(12(16)8-9)15(21)18-13-5-3-2-4-11(13)14(17)20/h2-8,19H,1H3,(H2,17,20)(H,18,21). The third-order valence-electron chi connectivity index (χ3n) is 2.96. The van der Waals surface area contributed by atoms with Crippen LogP contribution in [-0.2, 0) is 10.0 Å². The average Bonchev–Trinajstić information content (AvgIpc) is 2.45. The second-order valence-corrected chi connectivity index (χ2v) is 7.09. The van der Waals surface area contributed by atoms with Gasteiger partial charge in [0.1, 0.15) is 0 Å². The average molecular weight is 368 g/mol. The maximum Gasteiger partial charge on any atom is 0.257 e. The van der Waals surface area contributed by atoms with Gasteiger partial charge in [0, 0.05) is 5.69 Å². The molecule has 0 unspecified atom stereocenters. The lowest BCUT2D eigenvalue weighted by molar-refractivity contribution is 0.100. The molecule has 4 N–H and O–H groups in total. The Morgan fingerprint density at radius 3 is 2.33 bits per heavy atom. The van der Waals surface area contributed by atoms with E-state index >= 15 is 0 Å². The fourth-order valence-electron chi connectivity index (χ4n) is 1.97. The lowest BCUT2D eigenvalue weighted by Crippen LogP contribution is -2.18. The zero-order chi connectivity index (χ0) is 17.9. The number of amides is 2. The van der Waals surface area contributed by atoms with Gasteiger partial charge in [-0.2, -0.15) is 0 Å². The highest BCUT2D eigenvalue weighted by molar-refractivity contribution is 7.92. The van der Waals surface area contributed by atoms with Crippen LogP contribution in [0.2, 0.25) is 5.02 Å². The maximum absolute atomic E-state index is 12.3. The lowest BCUT2D eigenvalue weighted by Gasteiger charge is -2.11. The monoisotopic (exact) mass is 367 g/mol. The van der Waals surface area contributed by atoms with Crippen molar-refractivity contribution >= 4 is 44.8 Å². The first-order chi connectivity index (χ1) is 11.2. The normalized spacial score (nSPS) is 10.9. The lowest BCUT2D eigenvalue weighted by atomic mass is 10.1. The van der Waals surface area contributed by atoms with E-state index in [-0.39, 0.29) is 27.5 Å². The molecule has 24 heavy (non-hydrogen) atoms. The summed E-state index contributed by atoms with van der Waals surface area (Å²) in [7, 11) is -3.45. The second-order valence-electron chi connectivity index (χ2n) is 4.93. The molecule has 0 saturated carbocycles. The molecule has 2 rings (SSSR count). The van der Waals surface area contributed by atoms with Crippen LogP contribution in [0.4, 0.5) is 11.4 Å². The molecular formula is C15H14ClN3O4S. The summed E-state index contributed by atoms with van der Waals surface area (Å²) in [4.78, 5) is 23.7. The van der Waals surface area contributed by atoms with Gasteiger partial charge in [-0.05, 0) is 30.3 Å². The summed E-state index contributed by atoms with van der Waals surface area (Å²) in [6.45, 7) is 0. The first-order valence-corrected chi connectivity index (χ1v) is 8.92. The number of carbonyl (C=O) groups is 2. The topological polar surface area (TPSA) is 118 Å². The largest absolute Gasteiger partial charge is 0.366 e. The van der Waals surface area contributed by atoms with E-state index < -0.39 is 21.8 Å². The number of primary amides is 1. The Hall–Kier alpha value is -2.58.